The van der Waals surface area contributed by atoms with Crippen LogP contribution in [-0.4, -0.2) is 54.9 Å². The first-order chi connectivity index (χ1) is 18.7. The van der Waals surface area contributed by atoms with E-state index >= 15 is 0 Å². The molecule has 1 aliphatic carbocycles. The highest BCUT2D eigenvalue weighted by molar-refractivity contribution is 7.92. The molecule has 0 unspecified atom stereocenters. The molecular formula is C29H33N5O4S. The number of piperidine rings is 1. The van der Waals surface area contributed by atoms with E-state index in [-0.39, 0.29) is 34.7 Å². The quantitative estimate of drug-likeness (QED) is 0.498. The van der Waals surface area contributed by atoms with Crippen LogP contribution in [0.15, 0.2) is 53.4 Å². The molecule has 1 amide bonds. The normalized spacial score (nSPS) is 22.7. The average Bonchev–Trinajstić information content (AvgIpc) is 3.71. The van der Waals surface area contributed by atoms with Gasteiger partial charge in [-0.05, 0) is 68.5 Å². The lowest BCUT2D eigenvalue weighted by Crippen LogP contribution is -2.49. The number of ether oxygens (including phenoxy) is 1. The van der Waals surface area contributed by atoms with Crippen LogP contribution in [0.4, 0.5) is 11.6 Å². The first-order valence-corrected chi connectivity index (χ1v) is 15.0. The zero-order valence-electron chi connectivity index (χ0n) is 22.2. The minimum Gasteiger partial charge on any atom is -0.473 e. The molecule has 6 rings (SSSR count). The summed E-state index contributed by atoms with van der Waals surface area (Å²) >= 11 is 0. The van der Waals surface area contributed by atoms with Gasteiger partial charge in [0.25, 0.3) is 10.0 Å². The monoisotopic (exact) mass is 547 g/mol. The number of benzene rings is 2. The largest absolute Gasteiger partial charge is 0.473 e. The molecule has 39 heavy (non-hydrogen) atoms. The summed E-state index contributed by atoms with van der Waals surface area (Å²) in [6, 6.07) is 14.0. The third-order valence-electron chi connectivity index (χ3n) is 7.77. The molecule has 9 nitrogen and oxygen atoms in total. The molecule has 3 heterocycles. The highest BCUT2D eigenvalue weighted by atomic mass is 32.2. The number of sulfonamides is 1. The first kappa shape index (κ1) is 25.8. The number of aryl methyl sites for hydroxylation is 2. The number of carbonyl (C=O) groups excluding carboxylic acids is 1. The second-order valence-electron chi connectivity index (χ2n) is 11.0. The van der Waals surface area contributed by atoms with Gasteiger partial charge in [-0.25, -0.2) is 18.1 Å². The summed E-state index contributed by atoms with van der Waals surface area (Å²) in [5.41, 5.74) is 3.93. The highest BCUT2D eigenvalue weighted by Gasteiger charge is 2.34. The Morgan fingerprint density at radius 2 is 1.79 bits per heavy atom. The number of nitrogens with zero attached hydrogens (tertiary/aromatic N) is 3. The van der Waals surface area contributed by atoms with Crippen molar-refractivity contribution < 1.29 is 17.9 Å². The minimum absolute atomic E-state index is 0.00786. The van der Waals surface area contributed by atoms with Crippen LogP contribution < -0.4 is 14.8 Å². The number of fused-ring (bicyclic) bond motifs is 6. The molecule has 3 aromatic rings. The van der Waals surface area contributed by atoms with Crippen LogP contribution in [0.25, 0.3) is 11.3 Å². The van der Waals surface area contributed by atoms with Gasteiger partial charge in [0, 0.05) is 30.4 Å². The average molecular weight is 548 g/mol. The summed E-state index contributed by atoms with van der Waals surface area (Å²) in [6.07, 6.45) is 3.95. The van der Waals surface area contributed by atoms with E-state index in [9.17, 15) is 13.2 Å². The van der Waals surface area contributed by atoms with Crippen LogP contribution in [0.2, 0.25) is 0 Å². The van der Waals surface area contributed by atoms with E-state index < -0.39 is 10.0 Å². The van der Waals surface area contributed by atoms with Crippen LogP contribution in [0.3, 0.4) is 0 Å². The molecule has 0 radical (unpaired) electrons. The van der Waals surface area contributed by atoms with Crippen LogP contribution in [0.5, 0.6) is 5.88 Å². The molecule has 6 bridgehead atoms. The number of carbonyl (C=O) groups is 1. The molecule has 2 N–H and O–H groups in total. The molecule has 1 saturated heterocycles. The van der Waals surface area contributed by atoms with Gasteiger partial charge in [0.15, 0.2) is 0 Å². The molecular weight excluding hydrogens is 514 g/mol. The van der Waals surface area contributed by atoms with E-state index in [2.05, 4.69) is 24.9 Å². The minimum atomic E-state index is -4.03. The molecule has 3 aliphatic rings. The Morgan fingerprint density at radius 1 is 1.03 bits per heavy atom. The number of hydrogen-bond donors (Lipinski definition) is 2. The van der Waals surface area contributed by atoms with Crippen LogP contribution in [0.1, 0.15) is 36.8 Å². The number of amides is 1. The zero-order chi connectivity index (χ0) is 27.1. The number of nitrogens with one attached hydrogen (secondary N) is 2. The van der Waals surface area contributed by atoms with E-state index in [1.165, 1.54) is 25.0 Å². The number of aromatic nitrogens is 2. The number of hydrogen-bond acceptors (Lipinski definition) is 7. The van der Waals surface area contributed by atoms with Gasteiger partial charge in [-0.3, -0.25) is 9.69 Å². The van der Waals surface area contributed by atoms with Gasteiger partial charge in [0.2, 0.25) is 17.7 Å². The third-order valence-corrected chi connectivity index (χ3v) is 9.10. The molecule has 0 spiro atoms. The van der Waals surface area contributed by atoms with Crippen molar-refractivity contribution in [1.82, 2.24) is 14.9 Å². The highest BCUT2D eigenvalue weighted by Crippen LogP contribution is 2.34. The lowest BCUT2D eigenvalue weighted by molar-refractivity contribution is -0.123. The summed E-state index contributed by atoms with van der Waals surface area (Å²) in [6.45, 7) is 6.23. The predicted octanol–water partition coefficient (Wildman–Crippen LogP) is 4.38. The maximum absolute atomic E-state index is 13.4. The number of rotatable bonds is 4. The van der Waals surface area contributed by atoms with Crippen molar-refractivity contribution in [3.63, 3.8) is 0 Å². The summed E-state index contributed by atoms with van der Waals surface area (Å²) in [7, 11) is -4.03. The van der Waals surface area contributed by atoms with Crippen molar-refractivity contribution in [2.45, 2.75) is 50.5 Å². The predicted molar refractivity (Wildman–Crippen MR) is 149 cm³/mol. The lowest BCUT2D eigenvalue weighted by atomic mass is 9.94. The lowest BCUT2D eigenvalue weighted by Gasteiger charge is -2.37. The number of anilines is 2. The summed E-state index contributed by atoms with van der Waals surface area (Å²) in [5.74, 6) is 0.563. The van der Waals surface area contributed by atoms with Crippen molar-refractivity contribution in [3.8, 4) is 17.1 Å². The van der Waals surface area contributed by atoms with Gasteiger partial charge in [-0.15, -0.1) is 0 Å². The molecule has 2 aliphatic heterocycles. The zero-order valence-corrected chi connectivity index (χ0v) is 23.0. The summed E-state index contributed by atoms with van der Waals surface area (Å²) in [4.78, 5) is 24.8. The Labute approximate surface area is 229 Å². The van der Waals surface area contributed by atoms with E-state index in [0.717, 1.165) is 35.6 Å². The Morgan fingerprint density at radius 3 is 2.56 bits per heavy atom. The second kappa shape index (κ2) is 10.2. The Kier molecular flexibility index (Phi) is 6.76. The molecule has 2 fully saturated rings. The van der Waals surface area contributed by atoms with E-state index in [1.54, 1.807) is 18.2 Å². The van der Waals surface area contributed by atoms with E-state index in [0.29, 0.717) is 30.9 Å². The van der Waals surface area contributed by atoms with Crippen molar-refractivity contribution in [1.29, 1.82) is 0 Å². The van der Waals surface area contributed by atoms with Gasteiger partial charge in [-0.2, -0.15) is 4.98 Å². The first-order valence-electron chi connectivity index (χ1n) is 13.5. The topological polar surface area (TPSA) is 114 Å². The van der Waals surface area contributed by atoms with Gasteiger partial charge in [0.05, 0.1) is 16.5 Å². The Bertz CT molecular complexity index is 1500. The van der Waals surface area contributed by atoms with Crippen molar-refractivity contribution in [2.75, 3.05) is 29.7 Å². The van der Waals surface area contributed by atoms with Crippen LogP contribution in [0, 0.1) is 25.7 Å². The van der Waals surface area contributed by atoms with Gasteiger partial charge < -0.3 is 10.1 Å². The van der Waals surface area contributed by atoms with Crippen molar-refractivity contribution in [2.24, 2.45) is 11.8 Å². The van der Waals surface area contributed by atoms with E-state index in [1.807, 2.05) is 32.0 Å². The van der Waals surface area contributed by atoms with E-state index in [4.69, 9.17) is 4.74 Å². The SMILES string of the molecule is Cc1cccc(C)c1-c1cc2nc(n1)NS(=O)(=O)c1cccc(c1)NC(=O)[C@@H]1C[C@@H](CN(CCC3CC3)C1)O2. The van der Waals surface area contributed by atoms with Gasteiger partial charge in [-0.1, -0.05) is 37.1 Å². The molecule has 2 aromatic carbocycles. The Balaban J connectivity index is 1.43. The third kappa shape index (κ3) is 5.77. The molecule has 10 heteroatoms. The van der Waals surface area contributed by atoms with Gasteiger partial charge in [0.1, 0.15) is 6.10 Å². The summed E-state index contributed by atoms with van der Waals surface area (Å²) in [5, 5.41) is 2.93. The maximum atomic E-state index is 13.4. The fourth-order valence-corrected chi connectivity index (χ4v) is 6.57. The molecule has 1 aromatic heterocycles. The van der Waals surface area contributed by atoms with Crippen molar-refractivity contribution in [3.05, 3.63) is 59.7 Å². The van der Waals surface area contributed by atoms with Crippen LogP contribution in [-0.2, 0) is 14.8 Å². The standard InChI is InChI=1S/C29H33N5O4S/c1-18-5-3-6-19(2)27(18)25-15-26-32-29(31-25)33-39(36,37)24-8-4-7-22(14-24)30-28(35)21-13-23(38-26)17-34(16-21)12-11-20-9-10-20/h3-8,14-15,20-21,23H,9-13,16-17H2,1-2H3,(H,30,35)(H,31,32,33)/t21-,23+/m1/s1. The fourth-order valence-electron chi connectivity index (χ4n) is 5.58. The van der Waals surface area contributed by atoms with Crippen LogP contribution >= 0.6 is 0 Å². The fraction of sp³-hybridized carbons (Fsp3) is 0.414. The smallest absolute Gasteiger partial charge is 0.264 e. The van der Waals surface area contributed by atoms with Gasteiger partial charge >= 0.3 is 0 Å². The molecule has 2 atom stereocenters. The molecule has 1 saturated carbocycles. The number of likely N-dealkylation sites (tertiary alicyclic amines) is 1. The second-order valence-corrected chi connectivity index (χ2v) is 12.7. The summed E-state index contributed by atoms with van der Waals surface area (Å²) < 4.78 is 35.6. The molecule has 204 valence electrons. The Hall–Kier alpha value is -3.50. The maximum Gasteiger partial charge on any atom is 0.264 e. The van der Waals surface area contributed by atoms with Crippen molar-refractivity contribution >= 4 is 27.6 Å².